The molecule has 0 N–H and O–H groups in total. The summed E-state index contributed by atoms with van der Waals surface area (Å²) >= 11 is 1.47. The number of hydrogen-bond donors (Lipinski definition) is 0. The van der Waals surface area contributed by atoms with Crippen molar-refractivity contribution in [3.05, 3.63) is 65.0 Å². The molecule has 2 aromatic carbocycles. The van der Waals surface area contributed by atoms with Crippen LogP contribution in [0.15, 0.2) is 47.0 Å². The SMILES string of the molecule is COCCN(C(=O)c1ccc(OCc2c(C)noc2C)c(OC)c1)c1nc2ccccc2s1. The first-order valence-corrected chi connectivity index (χ1v) is 11.2. The van der Waals surface area contributed by atoms with Gasteiger partial charge in [0.05, 0.1) is 41.7 Å². The lowest BCUT2D eigenvalue weighted by molar-refractivity contribution is 0.0975. The molecule has 0 spiro atoms. The molecule has 2 heterocycles. The van der Waals surface area contributed by atoms with E-state index in [-0.39, 0.29) is 12.5 Å². The number of hydrogen-bond acceptors (Lipinski definition) is 8. The highest BCUT2D eigenvalue weighted by Crippen LogP contribution is 2.33. The summed E-state index contributed by atoms with van der Waals surface area (Å²) < 4.78 is 22.9. The van der Waals surface area contributed by atoms with Crippen molar-refractivity contribution >= 4 is 32.6 Å². The summed E-state index contributed by atoms with van der Waals surface area (Å²) in [6, 6.07) is 12.9. The maximum Gasteiger partial charge on any atom is 0.260 e. The Morgan fingerprint density at radius 3 is 2.64 bits per heavy atom. The fourth-order valence-electron chi connectivity index (χ4n) is 3.38. The van der Waals surface area contributed by atoms with Crippen LogP contribution < -0.4 is 14.4 Å². The van der Waals surface area contributed by atoms with E-state index in [0.29, 0.717) is 41.1 Å². The van der Waals surface area contributed by atoms with Gasteiger partial charge in [0, 0.05) is 12.7 Å². The van der Waals surface area contributed by atoms with Gasteiger partial charge in [-0.3, -0.25) is 9.69 Å². The second-order valence-electron chi connectivity index (χ2n) is 7.37. The Labute approximate surface area is 195 Å². The fraction of sp³-hybridized carbons (Fsp3) is 0.292. The molecule has 0 unspecified atom stereocenters. The Balaban J connectivity index is 1.59. The number of fused-ring (bicyclic) bond motifs is 1. The summed E-state index contributed by atoms with van der Waals surface area (Å²) in [4.78, 5) is 19.7. The third-order valence-electron chi connectivity index (χ3n) is 5.24. The maximum atomic E-state index is 13.5. The van der Waals surface area contributed by atoms with Crippen LogP contribution in [0.5, 0.6) is 11.5 Å². The van der Waals surface area contributed by atoms with E-state index in [2.05, 4.69) is 10.1 Å². The average Bonchev–Trinajstić information content (AvgIpc) is 3.40. The number of ether oxygens (including phenoxy) is 3. The van der Waals surface area contributed by atoms with Crippen LogP contribution in [0.1, 0.15) is 27.4 Å². The van der Waals surface area contributed by atoms with Gasteiger partial charge in [-0.25, -0.2) is 4.98 Å². The molecule has 9 heteroatoms. The number of thiazole rings is 1. The predicted octanol–water partition coefficient (Wildman–Crippen LogP) is 4.78. The normalized spacial score (nSPS) is 11.0. The standard InChI is InChI=1S/C24H25N3O5S/c1-15-18(16(2)32-26-15)14-31-20-10-9-17(13-21(20)30-4)23(28)27(11-12-29-3)24-25-19-7-5-6-8-22(19)33-24/h5-10,13H,11-12,14H2,1-4H3. The lowest BCUT2D eigenvalue weighted by atomic mass is 10.1. The molecule has 8 nitrogen and oxygen atoms in total. The molecule has 172 valence electrons. The minimum Gasteiger partial charge on any atom is -0.493 e. The van der Waals surface area contributed by atoms with Crippen LogP contribution in [0.3, 0.4) is 0 Å². The molecule has 0 aliphatic carbocycles. The number of methoxy groups -OCH3 is 2. The molecule has 0 aliphatic heterocycles. The Bertz CT molecular complexity index is 1210. The molecule has 0 aliphatic rings. The molecule has 0 saturated heterocycles. The van der Waals surface area contributed by atoms with Crippen LogP contribution in [0.4, 0.5) is 5.13 Å². The van der Waals surface area contributed by atoms with Crippen LogP contribution in [0.25, 0.3) is 10.2 Å². The smallest absolute Gasteiger partial charge is 0.260 e. The Morgan fingerprint density at radius 2 is 1.94 bits per heavy atom. The van der Waals surface area contributed by atoms with Crippen molar-refractivity contribution in [1.82, 2.24) is 10.1 Å². The number of anilines is 1. The van der Waals surface area contributed by atoms with E-state index in [0.717, 1.165) is 21.5 Å². The maximum absolute atomic E-state index is 13.5. The monoisotopic (exact) mass is 467 g/mol. The second kappa shape index (κ2) is 10.0. The van der Waals surface area contributed by atoms with E-state index < -0.39 is 0 Å². The predicted molar refractivity (Wildman–Crippen MR) is 126 cm³/mol. The van der Waals surface area contributed by atoms with Crippen LogP contribution in [-0.2, 0) is 11.3 Å². The van der Waals surface area contributed by atoms with E-state index in [1.807, 2.05) is 38.1 Å². The third-order valence-corrected chi connectivity index (χ3v) is 6.30. The van der Waals surface area contributed by atoms with E-state index in [9.17, 15) is 4.79 Å². The van der Waals surface area contributed by atoms with Gasteiger partial charge < -0.3 is 18.7 Å². The topological polar surface area (TPSA) is 86.9 Å². The zero-order chi connectivity index (χ0) is 23.4. The molecular formula is C24H25N3O5S. The second-order valence-corrected chi connectivity index (χ2v) is 8.38. The first kappa shape index (κ1) is 22.8. The van der Waals surface area contributed by atoms with Crippen molar-refractivity contribution in [2.45, 2.75) is 20.5 Å². The van der Waals surface area contributed by atoms with Crippen molar-refractivity contribution in [3.63, 3.8) is 0 Å². The molecule has 33 heavy (non-hydrogen) atoms. The summed E-state index contributed by atoms with van der Waals surface area (Å²) in [5.41, 5.74) is 2.99. The van der Waals surface area contributed by atoms with Gasteiger partial charge in [-0.1, -0.05) is 28.6 Å². The lowest BCUT2D eigenvalue weighted by Gasteiger charge is -2.20. The summed E-state index contributed by atoms with van der Waals surface area (Å²) in [5, 5.41) is 4.57. The highest BCUT2D eigenvalue weighted by Gasteiger charge is 2.23. The van der Waals surface area contributed by atoms with E-state index in [4.69, 9.17) is 18.7 Å². The average molecular weight is 468 g/mol. The first-order valence-electron chi connectivity index (χ1n) is 10.4. The number of amides is 1. The zero-order valence-corrected chi connectivity index (χ0v) is 19.8. The number of para-hydroxylation sites is 1. The van der Waals surface area contributed by atoms with Gasteiger partial charge in [0.1, 0.15) is 12.4 Å². The Kier molecular flexibility index (Phi) is 6.90. The van der Waals surface area contributed by atoms with Crippen LogP contribution in [-0.4, -0.2) is 43.4 Å². The number of aryl methyl sites for hydroxylation is 2. The number of carbonyl (C=O) groups excluding carboxylic acids is 1. The van der Waals surface area contributed by atoms with Crippen molar-refractivity contribution < 1.29 is 23.5 Å². The van der Waals surface area contributed by atoms with Gasteiger partial charge in [-0.15, -0.1) is 0 Å². The summed E-state index contributed by atoms with van der Waals surface area (Å²) in [5.74, 6) is 1.51. The molecule has 0 fully saturated rings. The highest BCUT2D eigenvalue weighted by molar-refractivity contribution is 7.22. The van der Waals surface area contributed by atoms with Gasteiger partial charge in [-0.2, -0.15) is 0 Å². The van der Waals surface area contributed by atoms with Crippen LogP contribution in [0.2, 0.25) is 0 Å². The van der Waals surface area contributed by atoms with Gasteiger partial charge in [0.2, 0.25) is 0 Å². The quantitative estimate of drug-likeness (QED) is 0.350. The molecule has 0 radical (unpaired) electrons. The van der Waals surface area contributed by atoms with Gasteiger partial charge in [-0.05, 0) is 44.2 Å². The van der Waals surface area contributed by atoms with Crippen LogP contribution >= 0.6 is 11.3 Å². The highest BCUT2D eigenvalue weighted by atomic mass is 32.1. The number of aromatic nitrogens is 2. The fourth-order valence-corrected chi connectivity index (χ4v) is 4.37. The molecule has 2 aromatic heterocycles. The van der Waals surface area contributed by atoms with E-state index in [1.54, 1.807) is 37.3 Å². The van der Waals surface area contributed by atoms with Crippen molar-refractivity contribution in [3.8, 4) is 11.5 Å². The molecule has 4 rings (SSSR count). The minimum absolute atomic E-state index is 0.193. The van der Waals surface area contributed by atoms with Crippen molar-refractivity contribution in [1.29, 1.82) is 0 Å². The Morgan fingerprint density at radius 1 is 1.12 bits per heavy atom. The number of carbonyl (C=O) groups is 1. The van der Waals surface area contributed by atoms with Gasteiger partial charge in [0.15, 0.2) is 16.6 Å². The molecule has 0 atom stereocenters. The summed E-state index contributed by atoms with van der Waals surface area (Å²) in [6.45, 7) is 4.76. The third kappa shape index (κ3) is 4.84. The van der Waals surface area contributed by atoms with E-state index >= 15 is 0 Å². The summed E-state index contributed by atoms with van der Waals surface area (Å²) in [7, 11) is 3.15. The lowest BCUT2D eigenvalue weighted by Crippen LogP contribution is -2.33. The number of rotatable bonds is 9. The molecule has 0 bridgehead atoms. The molecule has 1 amide bonds. The molecule has 4 aromatic rings. The summed E-state index contributed by atoms with van der Waals surface area (Å²) in [6.07, 6.45) is 0. The van der Waals surface area contributed by atoms with Crippen molar-refractivity contribution in [2.75, 3.05) is 32.3 Å². The first-order chi connectivity index (χ1) is 16.0. The minimum atomic E-state index is -0.193. The largest absolute Gasteiger partial charge is 0.493 e. The van der Waals surface area contributed by atoms with Gasteiger partial charge >= 0.3 is 0 Å². The number of benzene rings is 2. The number of nitrogens with zero attached hydrogens (tertiary/aromatic N) is 3. The van der Waals surface area contributed by atoms with E-state index in [1.165, 1.54) is 11.3 Å². The zero-order valence-electron chi connectivity index (χ0n) is 19.0. The Hall–Kier alpha value is -3.43. The van der Waals surface area contributed by atoms with Crippen LogP contribution in [0, 0.1) is 13.8 Å². The molecular weight excluding hydrogens is 442 g/mol. The van der Waals surface area contributed by atoms with Gasteiger partial charge in [0.25, 0.3) is 5.91 Å². The van der Waals surface area contributed by atoms with Crippen molar-refractivity contribution in [2.24, 2.45) is 0 Å². The molecule has 0 saturated carbocycles.